The molecule has 23 heavy (non-hydrogen) atoms. The topological polar surface area (TPSA) is 46.5 Å². The number of hydrogen-bond acceptors (Lipinski definition) is 2. The molecule has 0 heterocycles. The highest BCUT2D eigenvalue weighted by Crippen LogP contribution is 2.21. The summed E-state index contributed by atoms with van der Waals surface area (Å²) >= 11 is 0. The molecule has 0 radical (unpaired) electrons. The zero-order valence-electron chi connectivity index (χ0n) is 14.4. The van der Waals surface area contributed by atoms with Crippen LogP contribution in [0.3, 0.4) is 0 Å². The fourth-order valence-corrected chi connectivity index (χ4v) is 4.00. The minimum Gasteiger partial charge on any atom is -0.199 e. The van der Waals surface area contributed by atoms with Gasteiger partial charge < -0.3 is 0 Å². The van der Waals surface area contributed by atoms with E-state index in [4.69, 9.17) is 0 Å². The molecule has 1 rings (SSSR count). The van der Waals surface area contributed by atoms with E-state index in [0.717, 1.165) is 36.8 Å². The van der Waals surface area contributed by atoms with Gasteiger partial charge in [-0.3, -0.25) is 0 Å². The number of nitrogens with zero attached hydrogens (tertiary/aromatic N) is 1. The largest absolute Gasteiger partial charge is 0.282 e. The fraction of sp³-hybridized carbons (Fsp3) is 0.526. The van der Waals surface area contributed by atoms with Crippen molar-refractivity contribution < 1.29 is 8.42 Å². The smallest absolute Gasteiger partial charge is 0.199 e. The van der Waals surface area contributed by atoms with Crippen molar-refractivity contribution in [2.45, 2.75) is 70.1 Å². The minimum absolute atomic E-state index is 0.346. The second-order valence-electron chi connectivity index (χ2n) is 5.97. The number of allylic oxidation sites excluding steroid dienone is 1. The number of hydrogen-bond donors (Lipinski definition) is 0. The third-order valence-electron chi connectivity index (χ3n) is 3.87. The van der Waals surface area contributed by atoms with E-state index in [1.165, 1.54) is 25.7 Å². The number of benzene rings is 1. The predicted octanol–water partition coefficient (Wildman–Crippen LogP) is 5.37. The van der Waals surface area contributed by atoms with Crippen LogP contribution in [0.15, 0.2) is 40.1 Å². The summed E-state index contributed by atoms with van der Waals surface area (Å²) in [6, 6.07) is 5.48. The van der Waals surface area contributed by atoms with Crippen LogP contribution in [0.5, 0.6) is 0 Å². The van der Waals surface area contributed by atoms with Crippen molar-refractivity contribution >= 4 is 16.2 Å². The van der Waals surface area contributed by atoms with Crippen LogP contribution in [0.2, 0.25) is 0 Å². The van der Waals surface area contributed by atoms with E-state index in [2.05, 4.69) is 11.0 Å². The number of rotatable bonds is 11. The monoisotopic (exact) mass is 335 g/mol. The Balaban J connectivity index is 2.35. The lowest BCUT2D eigenvalue weighted by Crippen LogP contribution is -2.02. The third kappa shape index (κ3) is 7.12. The molecule has 0 aliphatic carbocycles. The maximum absolute atomic E-state index is 12.3. The van der Waals surface area contributed by atoms with Gasteiger partial charge in [0.2, 0.25) is 0 Å². The van der Waals surface area contributed by atoms with Crippen LogP contribution in [0.25, 0.3) is 0 Å². The summed E-state index contributed by atoms with van der Waals surface area (Å²) in [6.07, 6.45) is 12.4. The second kappa shape index (κ2) is 10.4. The van der Waals surface area contributed by atoms with Crippen LogP contribution in [0, 0.1) is 13.8 Å². The molecule has 0 spiro atoms. The van der Waals surface area contributed by atoms with Gasteiger partial charge in [-0.05, 0) is 50.7 Å². The lowest BCUT2D eigenvalue weighted by atomic mass is 10.1. The van der Waals surface area contributed by atoms with Crippen molar-refractivity contribution in [2.24, 2.45) is 4.40 Å². The van der Waals surface area contributed by atoms with E-state index in [1.807, 2.05) is 38.1 Å². The van der Waals surface area contributed by atoms with Crippen LogP contribution in [-0.2, 0) is 10.0 Å². The molecule has 0 aromatic heterocycles. The zero-order chi connectivity index (χ0) is 17.1. The molecule has 1 aromatic carbocycles. The average Bonchev–Trinajstić information content (AvgIpc) is 2.48. The van der Waals surface area contributed by atoms with E-state index >= 15 is 0 Å². The molecule has 1 aromatic rings. The van der Waals surface area contributed by atoms with Gasteiger partial charge in [0.05, 0.1) is 4.90 Å². The minimum atomic E-state index is -3.57. The summed E-state index contributed by atoms with van der Waals surface area (Å²) in [5.74, 6) is 0. The molecule has 0 saturated heterocycles. The Morgan fingerprint density at radius 3 is 2.04 bits per heavy atom. The van der Waals surface area contributed by atoms with Crippen molar-refractivity contribution in [1.82, 2.24) is 0 Å². The van der Waals surface area contributed by atoms with Gasteiger partial charge in [-0.2, -0.15) is 12.8 Å². The second-order valence-corrected chi connectivity index (χ2v) is 7.54. The van der Waals surface area contributed by atoms with Gasteiger partial charge in [-0.1, -0.05) is 50.0 Å². The molecule has 0 N–H and O–H groups in total. The molecule has 0 unspecified atom stereocenters. The van der Waals surface area contributed by atoms with Crippen molar-refractivity contribution in [3.05, 3.63) is 42.0 Å². The number of unbranched alkanes of at least 4 members (excludes halogenated alkanes) is 7. The maximum atomic E-state index is 12.3. The van der Waals surface area contributed by atoms with E-state index < -0.39 is 10.0 Å². The molecular formula is C19H29NO2S. The Hall–Kier alpha value is -1.42. The van der Waals surface area contributed by atoms with Gasteiger partial charge in [0.25, 0.3) is 10.0 Å². The van der Waals surface area contributed by atoms with E-state index in [-0.39, 0.29) is 0 Å². The van der Waals surface area contributed by atoms with E-state index in [9.17, 15) is 8.42 Å². The van der Waals surface area contributed by atoms with Crippen molar-refractivity contribution in [1.29, 1.82) is 0 Å². The van der Waals surface area contributed by atoms with Crippen molar-refractivity contribution in [2.75, 3.05) is 0 Å². The summed E-state index contributed by atoms with van der Waals surface area (Å²) in [6.45, 7) is 7.33. The summed E-state index contributed by atoms with van der Waals surface area (Å²) in [5, 5.41) is 0. The normalized spacial score (nSPS) is 11.9. The van der Waals surface area contributed by atoms with Gasteiger partial charge >= 0.3 is 0 Å². The summed E-state index contributed by atoms with van der Waals surface area (Å²) in [4.78, 5) is 0.346. The lowest BCUT2D eigenvalue weighted by molar-refractivity contribution is 0.596. The quantitative estimate of drug-likeness (QED) is 0.310. The number of sulfonamides is 1. The first-order valence-corrected chi connectivity index (χ1v) is 9.89. The summed E-state index contributed by atoms with van der Waals surface area (Å²) < 4.78 is 28.4. The molecule has 0 atom stereocenters. The Morgan fingerprint density at radius 2 is 1.48 bits per heavy atom. The van der Waals surface area contributed by atoms with Crippen LogP contribution < -0.4 is 0 Å². The molecule has 0 aliphatic heterocycles. The van der Waals surface area contributed by atoms with Gasteiger partial charge in [0.1, 0.15) is 0 Å². The molecule has 3 nitrogen and oxygen atoms in total. The predicted molar refractivity (Wildman–Crippen MR) is 98.7 cm³/mol. The molecule has 128 valence electrons. The Kier molecular flexibility index (Phi) is 8.85. The molecular weight excluding hydrogens is 306 g/mol. The zero-order valence-corrected chi connectivity index (χ0v) is 15.2. The molecule has 0 amide bonds. The highest BCUT2D eigenvalue weighted by molar-refractivity contribution is 7.90. The van der Waals surface area contributed by atoms with E-state index in [0.29, 0.717) is 4.90 Å². The van der Waals surface area contributed by atoms with Crippen LogP contribution >= 0.6 is 0 Å². The molecule has 0 fully saturated rings. The molecule has 4 heteroatoms. The van der Waals surface area contributed by atoms with Crippen LogP contribution in [0.1, 0.15) is 62.5 Å². The lowest BCUT2D eigenvalue weighted by Gasteiger charge is -2.06. The van der Waals surface area contributed by atoms with E-state index in [1.54, 1.807) is 6.21 Å². The Labute approximate surface area is 141 Å². The number of aryl methyl sites for hydroxylation is 2. The fourth-order valence-electron chi connectivity index (χ4n) is 2.64. The highest BCUT2D eigenvalue weighted by Gasteiger charge is 2.17. The third-order valence-corrected chi connectivity index (χ3v) is 5.46. The van der Waals surface area contributed by atoms with Gasteiger partial charge in [-0.15, -0.1) is 6.58 Å². The standard InChI is InChI=1S/C19H29NO2S/c1-4-5-6-7-8-9-10-11-12-16-20-23(21,22)19-17(2)14-13-15-18(19)3/h4,13-16H,1,5-12H2,2-3H3/b20-16+. The van der Waals surface area contributed by atoms with Gasteiger partial charge in [-0.25, -0.2) is 0 Å². The van der Waals surface area contributed by atoms with Gasteiger partial charge in [0, 0.05) is 6.21 Å². The SMILES string of the molecule is C=CCCCCCCCC/C=N/S(=O)(=O)c1c(C)cccc1C. The molecule has 0 saturated carbocycles. The maximum Gasteiger partial charge on any atom is 0.282 e. The first kappa shape index (κ1) is 19.6. The summed E-state index contributed by atoms with van der Waals surface area (Å²) in [5.41, 5.74) is 1.50. The van der Waals surface area contributed by atoms with Crippen LogP contribution in [0.4, 0.5) is 0 Å². The first-order chi connectivity index (χ1) is 11.0. The highest BCUT2D eigenvalue weighted by atomic mass is 32.2. The summed E-state index contributed by atoms with van der Waals surface area (Å²) in [7, 11) is -3.57. The van der Waals surface area contributed by atoms with Crippen LogP contribution in [-0.4, -0.2) is 14.6 Å². The van der Waals surface area contributed by atoms with Crippen molar-refractivity contribution in [3.8, 4) is 0 Å². The molecule has 0 aliphatic rings. The molecule has 0 bridgehead atoms. The first-order valence-electron chi connectivity index (χ1n) is 8.45. The van der Waals surface area contributed by atoms with Crippen molar-refractivity contribution in [3.63, 3.8) is 0 Å². The van der Waals surface area contributed by atoms with Gasteiger partial charge in [0.15, 0.2) is 0 Å². The Morgan fingerprint density at radius 1 is 0.957 bits per heavy atom. The Bertz CT molecular complexity index is 598. The average molecular weight is 336 g/mol.